The quantitative estimate of drug-likeness (QED) is 0.341. The van der Waals surface area contributed by atoms with Gasteiger partial charge in [0.05, 0.1) is 10.6 Å². The van der Waals surface area contributed by atoms with Gasteiger partial charge in [-0.05, 0) is 62.9 Å². The third-order valence-corrected chi connectivity index (χ3v) is 9.24. The van der Waals surface area contributed by atoms with Gasteiger partial charge in [0.15, 0.2) is 0 Å². The van der Waals surface area contributed by atoms with E-state index in [1.54, 1.807) is 59.5 Å². The topological polar surface area (TPSA) is 86.8 Å². The number of nitrogens with zero attached hydrogens (tertiary/aromatic N) is 2. The molecule has 0 spiro atoms. The number of sulfonamides is 1. The zero-order valence-electron chi connectivity index (χ0n) is 23.5. The van der Waals surface area contributed by atoms with Gasteiger partial charge in [-0.3, -0.25) is 13.9 Å². The van der Waals surface area contributed by atoms with Gasteiger partial charge >= 0.3 is 0 Å². The third kappa shape index (κ3) is 7.10. The van der Waals surface area contributed by atoms with E-state index in [0.29, 0.717) is 12.1 Å². The lowest BCUT2D eigenvalue weighted by Gasteiger charge is -2.33. The van der Waals surface area contributed by atoms with Crippen LogP contribution in [-0.2, 0) is 26.2 Å². The number of hydrogen-bond acceptors (Lipinski definition) is 4. The van der Waals surface area contributed by atoms with Crippen molar-refractivity contribution in [3.8, 4) is 0 Å². The smallest absolute Gasteiger partial charge is 0.264 e. The molecule has 212 valence electrons. The molecule has 1 aliphatic carbocycles. The van der Waals surface area contributed by atoms with Gasteiger partial charge in [-0.1, -0.05) is 85.5 Å². The molecule has 0 radical (unpaired) electrons. The molecule has 1 N–H and O–H groups in total. The molecule has 0 aliphatic heterocycles. The third-order valence-electron chi connectivity index (χ3n) is 7.45. The summed E-state index contributed by atoms with van der Waals surface area (Å²) in [5.41, 5.74) is 3.24. The normalized spacial score (nSPS) is 14.5. The number of aryl methyl sites for hydroxylation is 2. The molecule has 3 aromatic rings. The van der Waals surface area contributed by atoms with E-state index in [1.807, 2.05) is 45.0 Å². The number of hydrogen-bond donors (Lipinski definition) is 1. The van der Waals surface area contributed by atoms with E-state index in [-0.39, 0.29) is 23.4 Å². The first-order chi connectivity index (χ1) is 19.2. The van der Waals surface area contributed by atoms with Crippen LogP contribution in [-0.4, -0.2) is 43.8 Å². The van der Waals surface area contributed by atoms with Crippen LogP contribution in [0.3, 0.4) is 0 Å². The average Bonchev–Trinajstić information content (AvgIpc) is 3.45. The van der Waals surface area contributed by atoms with E-state index in [4.69, 9.17) is 0 Å². The summed E-state index contributed by atoms with van der Waals surface area (Å²) in [5.74, 6) is -0.627. The van der Waals surface area contributed by atoms with E-state index >= 15 is 0 Å². The number of nitrogens with one attached hydrogen (secondary N) is 1. The molecular weight excluding hydrogens is 522 g/mol. The van der Waals surface area contributed by atoms with Crippen LogP contribution in [0.25, 0.3) is 0 Å². The molecule has 0 unspecified atom stereocenters. The second-order valence-corrected chi connectivity index (χ2v) is 12.4. The molecule has 0 bridgehead atoms. The lowest BCUT2D eigenvalue weighted by atomic mass is 10.1. The van der Waals surface area contributed by atoms with Crippen molar-refractivity contribution in [3.63, 3.8) is 0 Å². The minimum absolute atomic E-state index is 0.103. The first kappa shape index (κ1) is 29.3. The predicted octanol–water partition coefficient (Wildman–Crippen LogP) is 5.36. The number of rotatable bonds is 11. The highest BCUT2D eigenvalue weighted by Gasteiger charge is 2.34. The van der Waals surface area contributed by atoms with Gasteiger partial charge in [0.1, 0.15) is 12.6 Å². The van der Waals surface area contributed by atoms with Crippen LogP contribution in [0.4, 0.5) is 5.69 Å². The molecule has 1 saturated carbocycles. The molecule has 8 heteroatoms. The van der Waals surface area contributed by atoms with Gasteiger partial charge in [-0.25, -0.2) is 8.42 Å². The van der Waals surface area contributed by atoms with E-state index < -0.39 is 28.5 Å². The summed E-state index contributed by atoms with van der Waals surface area (Å²) in [4.78, 5) is 29.3. The molecule has 2 amide bonds. The lowest BCUT2D eigenvalue weighted by molar-refractivity contribution is -0.140. The second-order valence-electron chi connectivity index (χ2n) is 10.6. The Balaban J connectivity index is 1.69. The number of benzene rings is 3. The van der Waals surface area contributed by atoms with Crippen molar-refractivity contribution >= 4 is 27.5 Å². The van der Waals surface area contributed by atoms with Crippen molar-refractivity contribution in [2.75, 3.05) is 10.8 Å². The van der Waals surface area contributed by atoms with Crippen LogP contribution in [0.1, 0.15) is 55.7 Å². The van der Waals surface area contributed by atoms with Crippen LogP contribution < -0.4 is 9.62 Å². The minimum Gasteiger partial charge on any atom is -0.352 e. The van der Waals surface area contributed by atoms with Crippen molar-refractivity contribution in [1.29, 1.82) is 0 Å². The fourth-order valence-corrected chi connectivity index (χ4v) is 6.67. The number of amides is 2. The molecule has 7 nitrogen and oxygen atoms in total. The maximum atomic E-state index is 14.1. The first-order valence-electron chi connectivity index (χ1n) is 14.0. The summed E-state index contributed by atoms with van der Waals surface area (Å²) in [5, 5.41) is 3.14. The zero-order valence-corrected chi connectivity index (χ0v) is 24.4. The number of anilines is 1. The monoisotopic (exact) mass is 561 g/mol. The van der Waals surface area contributed by atoms with Gasteiger partial charge < -0.3 is 10.2 Å². The minimum atomic E-state index is -4.07. The molecule has 0 aromatic heterocycles. The number of carbonyl (C=O) groups excluding carboxylic acids is 2. The predicted molar refractivity (Wildman–Crippen MR) is 158 cm³/mol. The van der Waals surface area contributed by atoms with Gasteiger partial charge in [0, 0.05) is 12.6 Å². The van der Waals surface area contributed by atoms with Crippen molar-refractivity contribution in [3.05, 3.63) is 95.6 Å². The fourth-order valence-electron chi connectivity index (χ4n) is 5.25. The van der Waals surface area contributed by atoms with E-state index in [2.05, 4.69) is 5.32 Å². The molecule has 4 rings (SSSR count). The molecule has 0 heterocycles. The summed E-state index contributed by atoms with van der Waals surface area (Å²) < 4.78 is 28.9. The van der Waals surface area contributed by atoms with E-state index in [1.165, 1.54) is 0 Å². The first-order valence-corrected chi connectivity index (χ1v) is 15.4. The van der Waals surface area contributed by atoms with E-state index in [9.17, 15) is 18.0 Å². The van der Waals surface area contributed by atoms with Crippen LogP contribution in [0.5, 0.6) is 0 Å². The summed E-state index contributed by atoms with van der Waals surface area (Å²) >= 11 is 0. The summed E-state index contributed by atoms with van der Waals surface area (Å²) in [7, 11) is -4.07. The fraction of sp³-hybridized carbons (Fsp3) is 0.375. The largest absolute Gasteiger partial charge is 0.352 e. The zero-order chi connectivity index (χ0) is 28.7. The SMILES string of the molecule is CC[C@@H](C(=O)NC1CCCC1)N(Cc1cccc(C)c1)C(=O)CN(c1ccccc1)S(=O)(=O)c1ccc(C)cc1. The summed E-state index contributed by atoms with van der Waals surface area (Å²) in [6.07, 6.45) is 4.44. The highest BCUT2D eigenvalue weighted by molar-refractivity contribution is 7.92. The highest BCUT2D eigenvalue weighted by Crippen LogP contribution is 2.25. The van der Waals surface area contributed by atoms with Crippen molar-refractivity contribution in [1.82, 2.24) is 10.2 Å². The maximum absolute atomic E-state index is 14.1. The molecule has 40 heavy (non-hydrogen) atoms. The molecule has 1 fully saturated rings. The van der Waals surface area contributed by atoms with Crippen LogP contribution in [0.2, 0.25) is 0 Å². The molecule has 3 aromatic carbocycles. The Morgan fingerprint density at radius 3 is 2.20 bits per heavy atom. The maximum Gasteiger partial charge on any atom is 0.264 e. The lowest BCUT2D eigenvalue weighted by Crippen LogP contribution is -2.53. The Labute approximate surface area is 238 Å². The summed E-state index contributed by atoms with van der Waals surface area (Å²) in [6.45, 7) is 5.52. The van der Waals surface area contributed by atoms with Crippen molar-refractivity contribution in [2.24, 2.45) is 0 Å². The number of carbonyl (C=O) groups is 2. The molecule has 1 atom stereocenters. The standard InChI is InChI=1S/C32H39N3O4S/c1-4-30(32(37)33-27-13-8-9-14-27)34(22-26-12-10-11-25(3)21-26)31(36)23-35(28-15-6-5-7-16-28)40(38,39)29-19-17-24(2)18-20-29/h5-7,10-12,15-21,27,30H,4,8-9,13-14,22-23H2,1-3H3,(H,33,37)/t30-/m0/s1. The highest BCUT2D eigenvalue weighted by atomic mass is 32.2. The molecular formula is C32H39N3O4S. The molecule has 1 aliphatic rings. The van der Waals surface area contributed by atoms with Crippen molar-refractivity contribution < 1.29 is 18.0 Å². The van der Waals surface area contributed by atoms with Crippen LogP contribution in [0, 0.1) is 13.8 Å². The summed E-state index contributed by atoms with van der Waals surface area (Å²) in [6, 6.07) is 22.4. The van der Waals surface area contributed by atoms with Crippen LogP contribution >= 0.6 is 0 Å². The Morgan fingerprint density at radius 2 is 1.57 bits per heavy atom. The van der Waals surface area contributed by atoms with Gasteiger partial charge in [0.2, 0.25) is 11.8 Å². The Bertz CT molecular complexity index is 1400. The van der Waals surface area contributed by atoms with E-state index in [0.717, 1.165) is 46.7 Å². The van der Waals surface area contributed by atoms with Gasteiger partial charge in [0.25, 0.3) is 10.0 Å². The Hall–Kier alpha value is -3.65. The second kappa shape index (κ2) is 13.1. The van der Waals surface area contributed by atoms with Crippen LogP contribution in [0.15, 0.2) is 83.8 Å². The van der Waals surface area contributed by atoms with Gasteiger partial charge in [-0.15, -0.1) is 0 Å². The Kier molecular flexibility index (Phi) is 9.63. The Morgan fingerprint density at radius 1 is 0.900 bits per heavy atom. The average molecular weight is 562 g/mol. The van der Waals surface area contributed by atoms with Gasteiger partial charge in [-0.2, -0.15) is 0 Å². The number of para-hydroxylation sites is 1. The molecule has 0 saturated heterocycles. The van der Waals surface area contributed by atoms with Crippen molar-refractivity contribution in [2.45, 2.75) is 76.4 Å².